The van der Waals surface area contributed by atoms with Crippen LogP contribution >= 0.6 is 0 Å². The molecule has 2 aromatic rings. The molecule has 2 aromatic heterocycles. The summed E-state index contributed by atoms with van der Waals surface area (Å²) in [6.45, 7) is 7.86. The largest absolute Gasteiger partial charge is 0.332 e. The molecule has 5 nitrogen and oxygen atoms in total. The first kappa shape index (κ1) is 16.4. The van der Waals surface area contributed by atoms with E-state index >= 15 is 0 Å². The van der Waals surface area contributed by atoms with Gasteiger partial charge in [0.1, 0.15) is 5.82 Å². The topological polar surface area (TPSA) is 43.1 Å². The lowest BCUT2D eigenvalue weighted by Crippen LogP contribution is -2.34. The Morgan fingerprint density at radius 3 is 2.40 bits per heavy atom. The van der Waals surface area contributed by atoms with E-state index in [9.17, 15) is 4.79 Å². The van der Waals surface area contributed by atoms with Gasteiger partial charge in [-0.15, -0.1) is 0 Å². The first-order valence-corrected chi connectivity index (χ1v) is 9.48. The first-order valence-electron chi connectivity index (χ1n) is 9.48. The number of carbonyl (C=O) groups excluding carboxylic acids is 1. The molecule has 1 amide bonds. The smallest absolute Gasteiger partial charge is 0.226 e. The minimum atomic E-state index is -0.0951. The summed E-state index contributed by atoms with van der Waals surface area (Å²) in [4.78, 5) is 15.0. The molecule has 1 fully saturated rings. The third kappa shape index (κ3) is 2.90. The second-order valence-corrected chi connectivity index (χ2v) is 8.45. The quantitative estimate of drug-likeness (QED) is 0.833. The van der Waals surface area contributed by atoms with Gasteiger partial charge >= 0.3 is 0 Å². The molecule has 0 atom stereocenters. The number of carbonyl (C=O) groups is 1. The van der Waals surface area contributed by atoms with Gasteiger partial charge in [-0.2, -0.15) is 5.10 Å². The molecular formula is C20H28N4O. The van der Waals surface area contributed by atoms with Crippen molar-refractivity contribution in [1.82, 2.24) is 19.2 Å². The molecule has 3 heterocycles. The van der Waals surface area contributed by atoms with Crippen LogP contribution in [0.15, 0.2) is 24.5 Å². The maximum absolute atomic E-state index is 12.9. The molecule has 0 saturated heterocycles. The van der Waals surface area contributed by atoms with Crippen LogP contribution in [0.2, 0.25) is 0 Å². The van der Waals surface area contributed by atoms with Crippen LogP contribution in [-0.2, 0) is 23.4 Å². The fraction of sp³-hybridized carbons (Fsp3) is 0.600. The van der Waals surface area contributed by atoms with Crippen molar-refractivity contribution in [3.05, 3.63) is 35.8 Å². The average molecular weight is 340 g/mol. The van der Waals surface area contributed by atoms with E-state index in [1.165, 1.54) is 24.8 Å². The highest BCUT2D eigenvalue weighted by Crippen LogP contribution is 2.34. The number of fused-ring (bicyclic) bond motifs is 1. The minimum Gasteiger partial charge on any atom is -0.332 e. The maximum Gasteiger partial charge on any atom is 0.226 e. The van der Waals surface area contributed by atoms with Gasteiger partial charge in [-0.1, -0.05) is 19.3 Å². The van der Waals surface area contributed by atoms with E-state index in [4.69, 9.17) is 5.10 Å². The Hall–Kier alpha value is -2.04. The fourth-order valence-corrected chi connectivity index (χ4v) is 4.17. The molecule has 0 unspecified atom stereocenters. The van der Waals surface area contributed by atoms with E-state index in [2.05, 4.69) is 42.4 Å². The summed E-state index contributed by atoms with van der Waals surface area (Å²) in [7, 11) is 0. The van der Waals surface area contributed by atoms with Crippen molar-refractivity contribution in [2.45, 2.75) is 71.5 Å². The Morgan fingerprint density at radius 1 is 1.08 bits per heavy atom. The van der Waals surface area contributed by atoms with Crippen LogP contribution in [0.4, 0.5) is 0 Å². The van der Waals surface area contributed by atoms with Crippen LogP contribution in [-0.4, -0.2) is 25.2 Å². The Labute approximate surface area is 149 Å². The number of hydrogen-bond donors (Lipinski definition) is 0. The van der Waals surface area contributed by atoms with Crippen molar-refractivity contribution in [2.24, 2.45) is 5.92 Å². The van der Waals surface area contributed by atoms with Crippen molar-refractivity contribution in [2.75, 3.05) is 0 Å². The van der Waals surface area contributed by atoms with E-state index in [-0.39, 0.29) is 11.5 Å². The second kappa shape index (κ2) is 6.04. The zero-order chi connectivity index (χ0) is 17.6. The van der Waals surface area contributed by atoms with Gasteiger partial charge in [-0.05, 0) is 45.7 Å². The minimum absolute atomic E-state index is 0.0951. The molecule has 2 aliphatic rings. The van der Waals surface area contributed by atoms with Crippen molar-refractivity contribution >= 4 is 5.91 Å². The Balaban J connectivity index is 1.65. The summed E-state index contributed by atoms with van der Waals surface area (Å²) in [5.41, 5.74) is 2.17. The van der Waals surface area contributed by atoms with Gasteiger partial charge in [-0.3, -0.25) is 4.79 Å². The van der Waals surface area contributed by atoms with Gasteiger partial charge in [0.2, 0.25) is 5.91 Å². The second-order valence-electron chi connectivity index (χ2n) is 8.45. The summed E-state index contributed by atoms with van der Waals surface area (Å²) in [6.07, 6.45) is 9.90. The molecule has 0 aromatic carbocycles. The molecule has 0 radical (unpaired) electrons. The van der Waals surface area contributed by atoms with Crippen LogP contribution in [0, 0.1) is 5.92 Å². The van der Waals surface area contributed by atoms with Gasteiger partial charge < -0.3 is 9.47 Å². The van der Waals surface area contributed by atoms with E-state index in [1.54, 1.807) is 0 Å². The zero-order valence-corrected chi connectivity index (χ0v) is 15.5. The van der Waals surface area contributed by atoms with Crippen LogP contribution in [0.5, 0.6) is 0 Å². The van der Waals surface area contributed by atoms with Gasteiger partial charge in [-0.25, -0.2) is 4.68 Å². The van der Waals surface area contributed by atoms with Crippen molar-refractivity contribution in [3.63, 3.8) is 0 Å². The predicted molar refractivity (Wildman–Crippen MR) is 97.4 cm³/mol. The highest BCUT2D eigenvalue weighted by molar-refractivity contribution is 5.79. The Kier molecular flexibility index (Phi) is 3.97. The van der Waals surface area contributed by atoms with Crippen LogP contribution in [0.25, 0.3) is 5.82 Å². The van der Waals surface area contributed by atoms with Gasteiger partial charge in [0.25, 0.3) is 0 Å². The normalized spacial score (nSPS) is 18.6. The number of nitrogens with zero attached hydrogens (tertiary/aromatic N) is 4. The summed E-state index contributed by atoms with van der Waals surface area (Å²) in [5, 5.41) is 4.90. The third-order valence-corrected chi connectivity index (χ3v) is 5.48. The summed E-state index contributed by atoms with van der Waals surface area (Å²) < 4.78 is 4.24. The van der Waals surface area contributed by atoms with E-state index in [0.29, 0.717) is 19.0 Å². The Bertz CT molecular complexity index is 760. The molecule has 134 valence electrons. The molecule has 1 aliphatic carbocycles. The summed E-state index contributed by atoms with van der Waals surface area (Å²) >= 11 is 0. The van der Waals surface area contributed by atoms with Crippen molar-refractivity contribution < 1.29 is 4.79 Å². The standard InChI is InChI=1S/C20H28N4O/c1-20(2,3)24-18(22-11-7-8-12-22)16-13-23(14-17(16)21-24)19(25)15-9-5-4-6-10-15/h7-8,11-12,15H,4-6,9-10,13-14H2,1-3H3. The molecule has 5 heteroatoms. The lowest BCUT2D eigenvalue weighted by molar-refractivity contribution is -0.137. The van der Waals surface area contributed by atoms with Gasteiger partial charge in [0.15, 0.2) is 0 Å². The number of aromatic nitrogens is 3. The molecule has 1 saturated carbocycles. The monoisotopic (exact) mass is 340 g/mol. The van der Waals surface area contributed by atoms with Crippen LogP contribution in [0.3, 0.4) is 0 Å². The number of amides is 1. The van der Waals surface area contributed by atoms with E-state index in [0.717, 1.165) is 24.4 Å². The number of hydrogen-bond acceptors (Lipinski definition) is 2. The zero-order valence-electron chi connectivity index (χ0n) is 15.5. The average Bonchev–Trinajstić information content (AvgIpc) is 3.29. The fourth-order valence-electron chi connectivity index (χ4n) is 4.17. The molecule has 0 spiro atoms. The molecule has 1 aliphatic heterocycles. The van der Waals surface area contributed by atoms with Crippen molar-refractivity contribution in [3.8, 4) is 5.82 Å². The highest BCUT2D eigenvalue weighted by Gasteiger charge is 2.35. The third-order valence-electron chi connectivity index (χ3n) is 5.48. The first-order chi connectivity index (χ1) is 11.9. The molecule has 25 heavy (non-hydrogen) atoms. The molecule has 4 rings (SSSR count). The maximum atomic E-state index is 12.9. The van der Waals surface area contributed by atoms with Gasteiger partial charge in [0.05, 0.1) is 24.3 Å². The number of rotatable bonds is 2. The van der Waals surface area contributed by atoms with E-state index in [1.807, 2.05) is 17.0 Å². The predicted octanol–water partition coefficient (Wildman–Crippen LogP) is 3.85. The molecular weight excluding hydrogens is 312 g/mol. The Morgan fingerprint density at radius 2 is 1.76 bits per heavy atom. The lowest BCUT2D eigenvalue weighted by atomic mass is 9.88. The van der Waals surface area contributed by atoms with Gasteiger partial charge in [0, 0.05) is 23.9 Å². The lowest BCUT2D eigenvalue weighted by Gasteiger charge is -2.27. The van der Waals surface area contributed by atoms with Crippen LogP contribution in [0.1, 0.15) is 64.1 Å². The summed E-state index contributed by atoms with van der Waals surface area (Å²) in [5.74, 6) is 1.66. The van der Waals surface area contributed by atoms with Crippen molar-refractivity contribution in [1.29, 1.82) is 0 Å². The summed E-state index contributed by atoms with van der Waals surface area (Å²) in [6, 6.07) is 4.07. The van der Waals surface area contributed by atoms with E-state index < -0.39 is 0 Å². The highest BCUT2D eigenvalue weighted by atomic mass is 16.2. The SMILES string of the molecule is CC(C)(C)n1nc2c(c1-n1cccc1)CN(C(=O)C1CCCCC1)C2. The molecule has 0 bridgehead atoms. The van der Waals surface area contributed by atoms with Crippen LogP contribution < -0.4 is 0 Å². The molecule has 0 N–H and O–H groups in total.